The van der Waals surface area contributed by atoms with Gasteiger partial charge in [-0.05, 0) is 55.0 Å². The van der Waals surface area contributed by atoms with E-state index in [-0.39, 0.29) is 23.2 Å². The van der Waals surface area contributed by atoms with E-state index >= 15 is 0 Å². The first-order chi connectivity index (χ1) is 16.4. The molecule has 3 N–H and O–H groups in total. The second kappa shape index (κ2) is 8.31. The maximum Gasteiger partial charge on any atom is 0.277 e. The topological polar surface area (TPSA) is 131 Å². The second-order valence-corrected chi connectivity index (χ2v) is 8.17. The summed E-state index contributed by atoms with van der Waals surface area (Å²) in [5.74, 6) is -0.671. The molecule has 1 fully saturated rings. The summed E-state index contributed by atoms with van der Waals surface area (Å²) in [5.41, 5.74) is 8.36. The van der Waals surface area contributed by atoms with Gasteiger partial charge in [-0.15, -0.1) is 0 Å². The highest BCUT2D eigenvalue weighted by atomic mass is 16.5. The van der Waals surface area contributed by atoms with Crippen molar-refractivity contribution < 1.29 is 24.2 Å². The number of nitrogens with zero attached hydrogens (tertiary/aromatic N) is 4. The lowest BCUT2D eigenvalue weighted by Crippen LogP contribution is -2.39. The van der Waals surface area contributed by atoms with Gasteiger partial charge in [-0.3, -0.25) is 14.4 Å². The van der Waals surface area contributed by atoms with Gasteiger partial charge in [0.15, 0.2) is 5.69 Å². The summed E-state index contributed by atoms with van der Waals surface area (Å²) in [7, 11) is 1.56. The first kappa shape index (κ1) is 21.7. The normalized spacial score (nSPS) is 17.8. The molecule has 0 aliphatic carbocycles. The van der Waals surface area contributed by atoms with Crippen LogP contribution in [0.2, 0.25) is 0 Å². The average Bonchev–Trinajstić information content (AvgIpc) is 3.41. The summed E-state index contributed by atoms with van der Waals surface area (Å²) in [5, 5.41) is 14.1. The highest BCUT2D eigenvalue weighted by Gasteiger charge is 2.35. The SMILES string of the molecule is COc1ccc(-n2nc(C(N)=O)c3c2C(=O)N(c2ccc(N4CC[C@@H](O)C4=O)cc2)CC3)cc1. The average molecular weight is 461 g/mol. The largest absolute Gasteiger partial charge is 0.497 e. The highest BCUT2D eigenvalue weighted by molar-refractivity contribution is 6.09. The summed E-state index contributed by atoms with van der Waals surface area (Å²) in [6, 6.07) is 14.0. The lowest BCUT2D eigenvalue weighted by atomic mass is 10.0. The zero-order chi connectivity index (χ0) is 24.0. The van der Waals surface area contributed by atoms with Gasteiger partial charge in [0.25, 0.3) is 17.7 Å². The minimum absolute atomic E-state index is 0.0836. The molecule has 174 valence electrons. The van der Waals surface area contributed by atoms with Gasteiger partial charge in [0.2, 0.25) is 0 Å². The molecule has 0 spiro atoms. The molecule has 0 saturated carbocycles. The number of amides is 3. The summed E-state index contributed by atoms with van der Waals surface area (Å²) in [4.78, 5) is 40.9. The number of methoxy groups -OCH3 is 1. The van der Waals surface area contributed by atoms with Crippen LogP contribution in [0.15, 0.2) is 48.5 Å². The molecule has 0 unspecified atom stereocenters. The van der Waals surface area contributed by atoms with Gasteiger partial charge in [-0.2, -0.15) is 5.10 Å². The van der Waals surface area contributed by atoms with Gasteiger partial charge < -0.3 is 25.4 Å². The molecule has 2 aromatic carbocycles. The molecule has 1 saturated heterocycles. The van der Waals surface area contributed by atoms with Gasteiger partial charge in [0.05, 0.1) is 12.8 Å². The molecule has 3 aromatic rings. The Hall–Kier alpha value is -4.18. The Balaban J connectivity index is 1.49. The fourth-order valence-corrected chi connectivity index (χ4v) is 4.45. The van der Waals surface area contributed by atoms with E-state index in [1.165, 1.54) is 9.58 Å². The van der Waals surface area contributed by atoms with Crippen LogP contribution in [0.5, 0.6) is 5.75 Å². The number of aliphatic hydroxyl groups is 1. The number of ether oxygens (including phenoxy) is 1. The maximum atomic E-state index is 13.6. The number of carbonyl (C=O) groups is 3. The third-order valence-corrected chi connectivity index (χ3v) is 6.22. The predicted octanol–water partition coefficient (Wildman–Crippen LogP) is 1.28. The van der Waals surface area contributed by atoms with Gasteiger partial charge in [0, 0.05) is 36.4 Å². The fraction of sp³-hybridized carbons (Fsp3) is 0.250. The van der Waals surface area contributed by atoms with Crippen molar-refractivity contribution in [3.05, 3.63) is 65.5 Å². The van der Waals surface area contributed by atoms with Crippen molar-refractivity contribution in [3.8, 4) is 11.4 Å². The standard InChI is InChI=1S/C24H23N5O5/c1-34-17-8-6-16(7-9-17)29-21-18(20(26-29)22(25)31)10-12-28(24(21)33)15-4-2-14(3-5-15)27-13-11-19(30)23(27)32/h2-9,19,30H,10-13H2,1H3,(H2,25,31)/t19-/m1/s1. The van der Waals surface area contributed by atoms with Crippen LogP contribution in [0.3, 0.4) is 0 Å². The van der Waals surface area contributed by atoms with Crippen molar-refractivity contribution in [2.75, 3.05) is 30.0 Å². The molecule has 3 amide bonds. The number of benzene rings is 2. The maximum absolute atomic E-state index is 13.6. The Bertz CT molecular complexity index is 1280. The zero-order valence-electron chi connectivity index (χ0n) is 18.5. The number of fused-ring (bicyclic) bond motifs is 1. The summed E-state index contributed by atoms with van der Waals surface area (Å²) in [6.07, 6.45) is -0.168. The molecule has 0 bridgehead atoms. The van der Waals surface area contributed by atoms with Crippen molar-refractivity contribution in [3.63, 3.8) is 0 Å². The van der Waals surface area contributed by atoms with E-state index in [0.29, 0.717) is 54.3 Å². The zero-order valence-corrected chi connectivity index (χ0v) is 18.5. The number of hydrogen-bond acceptors (Lipinski definition) is 6. The van der Waals surface area contributed by atoms with Crippen molar-refractivity contribution >= 4 is 29.1 Å². The minimum Gasteiger partial charge on any atom is -0.497 e. The first-order valence-electron chi connectivity index (χ1n) is 10.9. The first-order valence-corrected chi connectivity index (χ1v) is 10.9. The third kappa shape index (κ3) is 3.48. The molecule has 34 heavy (non-hydrogen) atoms. The number of aromatic nitrogens is 2. The predicted molar refractivity (Wildman–Crippen MR) is 123 cm³/mol. The van der Waals surface area contributed by atoms with Gasteiger partial charge in [-0.1, -0.05) is 0 Å². The van der Waals surface area contributed by atoms with Gasteiger partial charge in [-0.25, -0.2) is 4.68 Å². The number of hydrogen-bond donors (Lipinski definition) is 2. The molecule has 0 radical (unpaired) electrons. The Kier molecular flexibility index (Phi) is 5.29. The van der Waals surface area contributed by atoms with Crippen molar-refractivity contribution in [1.82, 2.24) is 9.78 Å². The molecule has 10 heteroatoms. The summed E-state index contributed by atoms with van der Waals surface area (Å²) in [6.45, 7) is 0.795. The Morgan fingerprint density at radius 3 is 2.18 bits per heavy atom. The van der Waals surface area contributed by atoms with E-state index in [9.17, 15) is 19.5 Å². The fourth-order valence-electron chi connectivity index (χ4n) is 4.45. The minimum atomic E-state index is -0.973. The number of carbonyl (C=O) groups excluding carboxylic acids is 3. The van der Waals surface area contributed by atoms with Gasteiger partial charge in [0.1, 0.15) is 17.5 Å². The van der Waals surface area contributed by atoms with E-state index in [4.69, 9.17) is 10.5 Å². The molecule has 1 aromatic heterocycles. The van der Waals surface area contributed by atoms with Crippen molar-refractivity contribution in [1.29, 1.82) is 0 Å². The van der Waals surface area contributed by atoms with E-state index in [1.54, 1.807) is 60.5 Å². The van der Waals surface area contributed by atoms with Crippen LogP contribution in [0.1, 0.15) is 33.0 Å². The lowest BCUT2D eigenvalue weighted by molar-refractivity contribution is -0.124. The van der Waals surface area contributed by atoms with Crippen LogP contribution in [-0.2, 0) is 11.2 Å². The molecule has 2 aliphatic rings. The monoisotopic (exact) mass is 461 g/mol. The molecule has 5 rings (SSSR count). The quantitative estimate of drug-likeness (QED) is 0.589. The number of rotatable bonds is 5. The van der Waals surface area contributed by atoms with Crippen LogP contribution in [0.4, 0.5) is 11.4 Å². The van der Waals surface area contributed by atoms with Crippen LogP contribution in [0.25, 0.3) is 5.69 Å². The number of nitrogens with two attached hydrogens (primary N) is 1. The number of primary amides is 1. The summed E-state index contributed by atoms with van der Waals surface area (Å²) < 4.78 is 6.65. The van der Waals surface area contributed by atoms with Gasteiger partial charge >= 0.3 is 0 Å². The number of anilines is 2. The highest BCUT2D eigenvalue weighted by Crippen LogP contribution is 2.31. The van der Waals surface area contributed by atoms with Crippen LogP contribution in [0, 0.1) is 0 Å². The van der Waals surface area contributed by atoms with E-state index in [0.717, 1.165) is 0 Å². The summed E-state index contributed by atoms with van der Waals surface area (Å²) >= 11 is 0. The molecule has 1 atom stereocenters. The molecular formula is C24H23N5O5. The Labute approximate surface area is 195 Å². The van der Waals surface area contributed by atoms with E-state index in [2.05, 4.69) is 5.10 Å². The molecular weight excluding hydrogens is 438 g/mol. The van der Waals surface area contributed by atoms with Crippen LogP contribution >= 0.6 is 0 Å². The Morgan fingerprint density at radius 2 is 1.62 bits per heavy atom. The molecule has 3 heterocycles. The Morgan fingerprint density at radius 1 is 1.00 bits per heavy atom. The second-order valence-electron chi connectivity index (χ2n) is 8.17. The molecule has 10 nitrogen and oxygen atoms in total. The van der Waals surface area contributed by atoms with E-state index < -0.39 is 12.0 Å². The number of aliphatic hydroxyl groups excluding tert-OH is 1. The third-order valence-electron chi connectivity index (χ3n) is 6.22. The van der Waals surface area contributed by atoms with Crippen molar-refractivity contribution in [2.45, 2.75) is 18.9 Å². The van der Waals surface area contributed by atoms with Crippen LogP contribution < -0.4 is 20.3 Å². The lowest BCUT2D eigenvalue weighted by Gasteiger charge is -2.28. The smallest absolute Gasteiger partial charge is 0.277 e. The molecule has 2 aliphatic heterocycles. The van der Waals surface area contributed by atoms with Crippen LogP contribution in [-0.4, -0.2) is 58.9 Å². The van der Waals surface area contributed by atoms with E-state index in [1.807, 2.05) is 0 Å². The van der Waals surface area contributed by atoms with Crippen molar-refractivity contribution in [2.24, 2.45) is 5.73 Å².